The molecule has 10 aromatic carbocycles. The predicted molar refractivity (Wildman–Crippen MR) is 256 cm³/mol. The summed E-state index contributed by atoms with van der Waals surface area (Å²) in [6.45, 7) is 0. The average molecular weight is 1130 g/mol. The normalized spacial score (nSPS) is 11.8. The Morgan fingerprint density at radius 2 is 0.443 bits per heavy atom. The molecule has 0 radical (unpaired) electrons. The summed E-state index contributed by atoms with van der Waals surface area (Å²) in [7, 11) is -2.48. The first-order chi connectivity index (χ1) is 37.6. The first kappa shape index (κ1) is 55.4. The van der Waals surface area contributed by atoms with Crippen molar-refractivity contribution in [3.8, 4) is 5.75 Å². The molecule has 10 rings (SSSR count). The molecule has 0 amide bonds. The van der Waals surface area contributed by atoms with Gasteiger partial charge in [0.15, 0.2) is 75.6 Å². The third kappa shape index (κ3) is 8.58. The topological polar surface area (TPSA) is 9.23 Å². The van der Waals surface area contributed by atoms with Gasteiger partial charge in [-0.05, 0) is 53.2 Å². The molecular weight excluding hydrogens is 1110 g/mol. The Balaban J connectivity index is 0.000000198. The van der Waals surface area contributed by atoms with Crippen LogP contribution in [0.1, 0.15) is 0 Å². The lowest BCUT2D eigenvalue weighted by Gasteiger charge is -2.44. The molecule has 0 saturated heterocycles. The quantitative estimate of drug-likeness (QED) is 0.0350. The summed E-state index contributed by atoms with van der Waals surface area (Å²) in [4.78, 5) is 0. The highest BCUT2D eigenvalue weighted by atomic mass is 31.2. The molecule has 0 heterocycles. The lowest BCUT2D eigenvalue weighted by Crippen LogP contribution is -2.81. The lowest BCUT2D eigenvalue weighted by atomic mass is 9.12. The summed E-state index contributed by atoms with van der Waals surface area (Å²) in [5.41, 5.74) is -14.3. The van der Waals surface area contributed by atoms with Crippen LogP contribution in [0.2, 0.25) is 0 Å². The Morgan fingerprint density at radius 1 is 0.241 bits per heavy atom. The third-order valence-corrected chi connectivity index (χ3v) is 16.5. The average Bonchev–Trinajstić information content (AvgIpc) is 3.64. The number of hydrogen-bond acceptors (Lipinski definition) is 1. The second kappa shape index (κ2) is 21.1. The van der Waals surface area contributed by atoms with Gasteiger partial charge in [0.1, 0.15) is 68.6 Å². The van der Waals surface area contributed by atoms with Crippen molar-refractivity contribution >= 4 is 72.9 Å². The molecule has 10 aromatic rings. The molecule has 0 bridgehead atoms. The molecule has 0 aliphatic carbocycles. The van der Waals surface area contributed by atoms with Crippen molar-refractivity contribution < 1.29 is 92.3 Å². The highest BCUT2D eigenvalue weighted by Crippen LogP contribution is 2.58. The van der Waals surface area contributed by atoms with Gasteiger partial charge in [-0.15, -0.1) is 21.9 Å². The van der Waals surface area contributed by atoms with E-state index in [0.717, 1.165) is 16.5 Å². The Labute approximate surface area is 431 Å². The zero-order chi connectivity index (χ0) is 57.2. The minimum absolute atomic E-state index is 0.943. The SMILES string of the molecule is Fc1c(F)c(F)c([B-](c2c(F)c(F)c(F)c(F)c2F)(c2c(F)c(F)c(F)c(F)c2F)c2c(F)c(F)c(F)c(F)c2F)c(F)c1F.c1ccc([P+](Oc2c3ccccc3cc3ccccc23)(c2ccccc2)c2ccccc2)cc1. The van der Waals surface area contributed by atoms with Crippen LogP contribution >= 0.6 is 7.49 Å². The fourth-order valence-corrected chi connectivity index (χ4v) is 13.1. The van der Waals surface area contributed by atoms with Gasteiger partial charge >= 0.3 is 0 Å². The molecular formula is C56H24BF20OP. The molecule has 402 valence electrons. The molecule has 0 N–H and O–H groups in total. The van der Waals surface area contributed by atoms with Gasteiger partial charge in [-0.2, -0.15) is 0 Å². The second-order valence-corrected chi connectivity index (χ2v) is 20.1. The number of benzene rings is 10. The van der Waals surface area contributed by atoms with Crippen molar-refractivity contribution in [1.29, 1.82) is 0 Å². The molecule has 0 aliphatic heterocycles. The van der Waals surface area contributed by atoms with Gasteiger partial charge < -0.3 is 4.52 Å². The van der Waals surface area contributed by atoms with E-state index in [4.69, 9.17) is 4.52 Å². The van der Waals surface area contributed by atoms with Crippen LogP contribution in [0.25, 0.3) is 21.5 Å². The van der Waals surface area contributed by atoms with Crippen LogP contribution in [0.15, 0.2) is 146 Å². The highest BCUT2D eigenvalue weighted by molar-refractivity contribution is 7.92. The molecule has 0 unspecified atom stereocenters. The molecule has 0 fully saturated rings. The van der Waals surface area contributed by atoms with E-state index >= 15 is 35.1 Å². The van der Waals surface area contributed by atoms with Gasteiger partial charge in [-0.1, -0.05) is 103 Å². The zero-order valence-corrected chi connectivity index (χ0v) is 39.7. The summed E-state index contributed by atoms with van der Waals surface area (Å²) >= 11 is 0. The number of fused-ring (bicyclic) bond motifs is 2. The monoisotopic (exact) mass is 1130 g/mol. The van der Waals surface area contributed by atoms with Crippen LogP contribution in [0.4, 0.5) is 87.8 Å². The summed E-state index contributed by atoms with van der Waals surface area (Å²) in [5, 5.41) is 8.23. The molecule has 0 spiro atoms. The highest BCUT2D eigenvalue weighted by Gasteiger charge is 2.53. The van der Waals surface area contributed by atoms with Gasteiger partial charge in [0.05, 0.1) is 0 Å². The predicted octanol–water partition coefficient (Wildman–Crippen LogP) is 13.1. The Morgan fingerprint density at radius 3 is 0.684 bits per heavy atom. The maximum atomic E-state index is 15.4. The van der Waals surface area contributed by atoms with Crippen LogP contribution in [-0.4, -0.2) is 6.15 Å². The molecule has 23 heteroatoms. The molecule has 0 saturated carbocycles. The smallest absolute Gasteiger partial charge is 0.287 e. The largest absolute Gasteiger partial charge is 0.333 e. The first-order valence-corrected chi connectivity index (χ1v) is 24.2. The molecule has 1 nitrogen and oxygen atoms in total. The van der Waals surface area contributed by atoms with Crippen LogP contribution in [0.3, 0.4) is 0 Å². The number of hydrogen-bond donors (Lipinski definition) is 0. The van der Waals surface area contributed by atoms with E-state index in [0.29, 0.717) is 0 Å². The van der Waals surface area contributed by atoms with Crippen LogP contribution in [-0.2, 0) is 0 Å². The Hall–Kier alpha value is -8.39. The van der Waals surface area contributed by atoms with Gasteiger partial charge in [-0.3, -0.25) is 0 Å². The van der Waals surface area contributed by atoms with E-state index < -0.39 is 152 Å². The van der Waals surface area contributed by atoms with Gasteiger partial charge in [0, 0.05) is 10.8 Å². The van der Waals surface area contributed by atoms with E-state index in [9.17, 15) is 52.7 Å². The molecule has 0 atom stereocenters. The lowest BCUT2D eigenvalue weighted by molar-refractivity contribution is 0.378. The fraction of sp³-hybridized carbons (Fsp3) is 0. The fourth-order valence-electron chi connectivity index (χ4n) is 9.60. The van der Waals surface area contributed by atoms with Gasteiger partial charge in [0.25, 0.3) is 7.49 Å². The van der Waals surface area contributed by atoms with Crippen LogP contribution in [0.5, 0.6) is 5.75 Å². The zero-order valence-electron chi connectivity index (χ0n) is 38.8. The number of halogens is 20. The first-order valence-electron chi connectivity index (χ1n) is 22.5. The van der Waals surface area contributed by atoms with Crippen molar-refractivity contribution in [1.82, 2.24) is 0 Å². The van der Waals surface area contributed by atoms with Crippen molar-refractivity contribution in [3.05, 3.63) is 262 Å². The van der Waals surface area contributed by atoms with Gasteiger partial charge in [0.2, 0.25) is 0 Å². The summed E-state index contributed by atoms with van der Waals surface area (Å²) in [6.07, 6.45) is -7.22. The minimum Gasteiger partial charge on any atom is -0.333 e. The maximum absolute atomic E-state index is 15.4. The molecule has 0 aromatic heterocycles. The summed E-state index contributed by atoms with van der Waals surface area (Å²) in [5.74, 6) is -70.5. The van der Waals surface area contributed by atoms with E-state index in [1.165, 1.54) is 26.7 Å². The molecule has 0 aliphatic rings. The second-order valence-electron chi connectivity index (χ2n) is 17.2. The molecule has 79 heavy (non-hydrogen) atoms. The van der Waals surface area contributed by atoms with E-state index in [1.807, 2.05) is 0 Å². The van der Waals surface area contributed by atoms with E-state index in [1.54, 1.807) is 0 Å². The van der Waals surface area contributed by atoms with Crippen molar-refractivity contribution in [2.24, 2.45) is 0 Å². The maximum Gasteiger partial charge on any atom is 0.287 e. The van der Waals surface area contributed by atoms with Crippen molar-refractivity contribution in [3.63, 3.8) is 0 Å². The Bertz CT molecular complexity index is 3530. The van der Waals surface area contributed by atoms with Crippen LogP contribution < -0.4 is 42.3 Å². The minimum atomic E-state index is -7.22. The summed E-state index contributed by atoms with van der Waals surface area (Å²) < 4.78 is 301. The Kier molecular flexibility index (Phi) is 14.8. The van der Waals surface area contributed by atoms with Crippen molar-refractivity contribution in [2.45, 2.75) is 0 Å². The van der Waals surface area contributed by atoms with Crippen LogP contribution in [0, 0.1) is 116 Å². The standard InChI is InChI=1S/C32H24OP.C24BF20/c1-4-16-27(17-5-1)34(28-18-6-2-7-19-28,29-20-8-3-9-21-29)33-32-30-22-12-10-14-25(30)24-26-15-11-13-23-31(26)32;26-5-1(6(27)14(35)21(42)13(5)34)25(2-7(28)15(36)22(43)16(37)8(2)29,3-9(30)17(38)23(44)18(39)10(3)31)4-11(32)19(40)24(45)20(41)12(4)33/h1-24H;/q+1;-1. The van der Waals surface area contributed by atoms with E-state index in [-0.39, 0.29) is 0 Å². The summed E-state index contributed by atoms with van der Waals surface area (Å²) in [6, 6.07) is 51.5. The van der Waals surface area contributed by atoms with Crippen molar-refractivity contribution in [2.75, 3.05) is 0 Å². The third-order valence-electron chi connectivity index (χ3n) is 13.0. The van der Waals surface area contributed by atoms with Gasteiger partial charge in [-0.25, -0.2) is 87.8 Å². The van der Waals surface area contributed by atoms with E-state index in [2.05, 4.69) is 146 Å². The number of rotatable bonds is 9.